The number of nitrogens with zero attached hydrogens (tertiary/aromatic N) is 1. The van der Waals surface area contributed by atoms with E-state index in [4.69, 9.17) is 14.6 Å². The zero-order valence-electron chi connectivity index (χ0n) is 11.8. The van der Waals surface area contributed by atoms with Crippen LogP contribution in [0.3, 0.4) is 0 Å². The Balaban J connectivity index is 1.55. The van der Waals surface area contributed by atoms with Gasteiger partial charge in [0.1, 0.15) is 23.1 Å². The van der Waals surface area contributed by atoms with Crippen LogP contribution in [-0.4, -0.2) is 46.2 Å². The second-order valence-electron chi connectivity index (χ2n) is 5.56. The first-order valence-corrected chi connectivity index (χ1v) is 7.28. The molecule has 5 heteroatoms. The number of ether oxygens (including phenoxy) is 2. The molecule has 112 valence electrons. The Hall–Kier alpha value is -1.61. The maximum atomic E-state index is 9.21. The average Bonchev–Trinajstić information content (AvgIpc) is 3.23. The van der Waals surface area contributed by atoms with Crippen molar-refractivity contribution in [1.29, 1.82) is 0 Å². The maximum absolute atomic E-state index is 9.21. The summed E-state index contributed by atoms with van der Waals surface area (Å²) in [6, 6.07) is 3.66. The summed E-state index contributed by atoms with van der Waals surface area (Å²) in [5, 5.41) is 18.0. The Morgan fingerprint density at radius 2 is 2.14 bits per heavy atom. The fraction of sp³-hybridized carbons (Fsp3) is 0.562. The van der Waals surface area contributed by atoms with Crippen LogP contribution in [0.1, 0.15) is 31.4 Å². The Morgan fingerprint density at radius 3 is 2.71 bits per heavy atom. The first-order valence-electron chi connectivity index (χ1n) is 7.28. The van der Waals surface area contributed by atoms with Gasteiger partial charge in [-0.3, -0.25) is 0 Å². The maximum Gasteiger partial charge on any atom is 0.138 e. The molecule has 1 aromatic heterocycles. The van der Waals surface area contributed by atoms with Crippen molar-refractivity contribution in [2.75, 3.05) is 13.2 Å². The highest BCUT2D eigenvalue weighted by molar-refractivity contribution is 5.35. The van der Waals surface area contributed by atoms with Crippen molar-refractivity contribution < 1.29 is 19.7 Å². The molecule has 0 aromatic carbocycles. The van der Waals surface area contributed by atoms with E-state index in [0.717, 1.165) is 12.8 Å². The third kappa shape index (κ3) is 3.73. The highest BCUT2D eigenvalue weighted by Gasteiger charge is 2.42. The SMILES string of the molecule is OCCOC1(C#Cc2ccc(OC3CC(O)C3)cn2)CC1. The van der Waals surface area contributed by atoms with Crippen LogP contribution in [0.5, 0.6) is 5.75 Å². The average molecular weight is 289 g/mol. The van der Waals surface area contributed by atoms with Gasteiger partial charge in [0.05, 0.1) is 25.5 Å². The Morgan fingerprint density at radius 1 is 1.33 bits per heavy atom. The van der Waals surface area contributed by atoms with Crippen LogP contribution in [0.4, 0.5) is 0 Å². The molecule has 1 aromatic rings. The second kappa shape index (κ2) is 6.02. The molecule has 2 saturated carbocycles. The molecule has 1 heterocycles. The number of rotatable bonds is 5. The van der Waals surface area contributed by atoms with Gasteiger partial charge in [-0.05, 0) is 30.9 Å². The van der Waals surface area contributed by atoms with Crippen LogP contribution < -0.4 is 4.74 Å². The number of aromatic nitrogens is 1. The van der Waals surface area contributed by atoms with Gasteiger partial charge in [0, 0.05) is 12.8 Å². The fourth-order valence-electron chi connectivity index (χ4n) is 2.19. The summed E-state index contributed by atoms with van der Waals surface area (Å²) >= 11 is 0. The van der Waals surface area contributed by atoms with E-state index >= 15 is 0 Å². The molecular formula is C16H19NO4. The minimum Gasteiger partial charge on any atom is -0.489 e. The molecule has 0 aliphatic heterocycles. The van der Waals surface area contributed by atoms with Crippen LogP contribution in [0.15, 0.2) is 18.3 Å². The Labute approximate surface area is 123 Å². The van der Waals surface area contributed by atoms with Gasteiger partial charge in [0.15, 0.2) is 0 Å². The molecule has 21 heavy (non-hydrogen) atoms. The first-order chi connectivity index (χ1) is 10.2. The number of hydrogen-bond acceptors (Lipinski definition) is 5. The zero-order chi connectivity index (χ0) is 14.7. The predicted molar refractivity (Wildman–Crippen MR) is 75.8 cm³/mol. The standard InChI is InChI=1S/C16H19NO4/c18-7-8-20-16(5-6-16)4-3-12-1-2-14(11-17-12)21-15-9-13(19)10-15/h1-2,11,13,15,18-19H,5-10H2. The van der Waals surface area contributed by atoms with Crippen LogP contribution in [0.2, 0.25) is 0 Å². The van der Waals surface area contributed by atoms with Crippen LogP contribution in [-0.2, 0) is 4.74 Å². The molecule has 2 fully saturated rings. The smallest absolute Gasteiger partial charge is 0.138 e. The lowest BCUT2D eigenvalue weighted by Gasteiger charge is -2.31. The quantitative estimate of drug-likeness (QED) is 0.787. The van der Waals surface area contributed by atoms with Gasteiger partial charge in [-0.15, -0.1) is 0 Å². The largest absolute Gasteiger partial charge is 0.489 e. The minimum absolute atomic E-state index is 0.0174. The zero-order valence-corrected chi connectivity index (χ0v) is 11.8. The summed E-state index contributed by atoms with van der Waals surface area (Å²) < 4.78 is 11.2. The number of hydrogen-bond donors (Lipinski definition) is 2. The lowest BCUT2D eigenvalue weighted by molar-refractivity contribution is -0.0109. The Kier molecular flexibility index (Phi) is 4.11. The predicted octanol–water partition coefficient (Wildman–Crippen LogP) is 0.877. The van der Waals surface area contributed by atoms with Gasteiger partial charge in [-0.2, -0.15) is 0 Å². The van der Waals surface area contributed by atoms with Gasteiger partial charge in [0.2, 0.25) is 0 Å². The van der Waals surface area contributed by atoms with Gasteiger partial charge in [-0.25, -0.2) is 4.98 Å². The fourth-order valence-corrected chi connectivity index (χ4v) is 2.19. The van der Waals surface area contributed by atoms with Gasteiger partial charge in [0.25, 0.3) is 0 Å². The van der Waals surface area contributed by atoms with E-state index in [2.05, 4.69) is 16.8 Å². The van der Waals surface area contributed by atoms with Crippen molar-refractivity contribution in [2.45, 2.75) is 43.5 Å². The molecule has 5 nitrogen and oxygen atoms in total. The molecule has 0 unspecified atom stereocenters. The van der Waals surface area contributed by atoms with Crippen molar-refractivity contribution in [3.05, 3.63) is 24.0 Å². The molecule has 0 spiro atoms. The summed E-state index contributed by atoms with van der Waals surface area (Å²) in [6.45, 7) is 0.339. The van der Waals surface area contributed by atoms with Gasteiger partial charge >= 0.3 is 0 Å². The van der Waals surface area contributed by atoms with E-state index < -0.39 is 0 Å². The topological polar surface area (TPSA) is 71.8 Å². The van der Waals surface area contributed by atoms with Crippen molar-refractivity contribution in [3.63, 3.8) is 0 Å². The van der Waals surface area contributed by atoms with E-state index in [1.807, 2.05) is 12.1 Å². The molecule has 0 atom stereocenters. The third-order valence-electron chi connectivity index (χ3n) is 3.70. The van der Waals surface area contributed by atoms with Crippen molar-refractivity contribution in [3.8, 4) is 17.6 Å². The van der Waals surface area contributed by atoms with Crippen molar-refractivity contribution in [1.82, 2.24) is 4.98 Å². The summed E-state index contributed by atoms with van der Waals surface area (Å²) in [5.74, 6) is 6.80. The molecule has 0 radical (unpaired) electrons. The molecular weight excluding hydrogens is 270 g/mol. The highest BCUT2D eigenvalue weighted by atomic mass is 16.5. The highest BCUT2D eigenvalue weighted by Crippen LogP contribution is 2.38. The molecule has 2 aliphatic carbocycles. The van der Waals surface area contributed by atoms with Crippen molar-refractivity contribution in [2.24, 2.45) is 0 Å². The second-order valence-corrected chi connectivity index (χ2v) is 5.56. The lowest BCUT2D eigenvalue weighted by atomic mass is 9.92. The summed E-state index contributed by atoms with van der Waals surface area (Å²) in [6.07, 6.45) is 4.72. The van der Waals surface area contributed by atoms with Gasteiger partial charge in [-0.1, -0.05) is 5.92 Å². The van der Waals surface area contributed by atoms with E-state index in [-0.39, 0.29) is 24.4 Å². The molecule has 0 bridgehead atoms. The Bertz CT molecular complexity index is 536. The van der Waals surface area contributed by atoms with E-state index in [0.29, 0.717) is 30.9 Å². The van der Waals surface area contributed by atoms with E-state index in [9.17, 15) is 5.11 Å². The summed E-state index contributed by atoms with van der Waals surface area (Å²) in [7, 11) is 0. The summed E-state index contributed by atoms with van der Waals surface area (Å²) in [4.78, 5) is 4.25. The van der Waals surface area contributed by atoms with E-state index in [1.54, 1.807) is 6.20 Å². The monoisotopic (exact) mass is 289 g/mol. The first kappa shape index (κ1) is 14.3. The number of pyridine rings is 1. The summed E-state index contributed by atoms with van der Waals surface area (Å²) in [5.41, 5.74) is 0.302. The molecule has 2 N–H and O–H groups in total. The van der Waals surface area contributed by atoms with Gasteiger partial charge < -0.3 is 19.7 Å². The van der Waals surface area contributed by atoms with E-state index in [1.165, 1.54) is 0 Å². The van der Waals surface area contributed by atoms with Crippen LogP contribution >= 0.6 is 0 Å². The third-order valence-corrected chi connectivity index (χ3v) is 3.70. The molecule has 3 rings (SSSR count). The molecule has 0 amide bonds. The number of aliphatic hydroxyl groups excluding tert-OH is 2. The number of aliphatic hydroxyl groups is 2. The molecule has 2 aliphatic rings. The van der Waals surface area contributed by atoms with Crippen LogP contribution in [0, 0.1) is 11.8 Å². The van der Waals surface area contributed by atoms with Crippen LogP contribution in [0.25, 0.3) is 0 Å². The lowest BCUT2D eigenvalue weighted by Crippen LogP contribution is -2.37. The normalized spacial score (nSPS) is 25.4. The molecule has 0 saturated heterocycles. The minimum atomic E-state index is -0.373. The van der Waals surface area contributed by atoms with Crippen molar-refractivity contribution >= 4 is 0 Å².